The van der Waals surface area contributed by atoms with Gasteiger partial charge in [-0.05, 0) is 31.4 Å². The van der Waals surface area contributed by atoms with E-state index in [1.807, 2.05) is 11.8 Å². The molecule has 3 rings (SSSR count). The fraction of sp³-hybridized carbons (Fsp3) is 0.500. The number of piperidine rings is 1. The minimum absolute atomic E-state index is 0.0373. The van der Waals surface area contributed by atoms with E-state index >= 15 is 0 Å². The number of amides is 1. The van der Waals surface area contributed by atoms with Gasteiger partial charge < -0.3 is 14.2 Å². The summed E-state index contributed by atoms with van der Waals surface area (Å²) in [6.07, 6.45) is 3.24. The van der Waals surface area contributed by atoms with E-state index in [4.69, 9.17) is 9.26 Å². The van der Waals surface area contributed by atoms with Crippen molar-refractivity contribution in [3.63, 3.8) is 0 Å². The largest absolute Gasteiger partial charge is 0.482 e. The lowest BCUT2D eigenvalue weighted by molar-refractivity contribution is -0.132. The summed E-state index contributed by atoms with van der Waals surface area (Å²) in [5.41, 5.74) is 0. The van der Waals surface area contributed by atoms with E-state index in [1.165, 1.54) is 6.07 Å². The van der Waals surface area contributed by atoms with Gasteiger partial charge in [-0.3, -0.25) is 4.79 Å². The first-order valence-corrected chi connectivity index (χ1v) is 8.65. The molecule has 1 aromatic heterocycles. The molecule has 134 valence electrons. The van der Waals surface area contributed by atoms with Gasteiger partial charge in [0.05, 0.1) is 5.92 Å². The zero-order chi connectivity index (χ0) is 17.6. The van der Waals surface area contributed by atoms with Crippen LogP contribution in [0.15, 0.2) is 28.8 Å². The number of carbonyl (C=O) groups is 1. The number of rotatable bonds is 6. The number of hydrogen-bond acceptors (Lipinski definition) is 5. The van der Waals surface area contributed by atoms with Gasteiger partial charge in [-0.15, -0.1) is 0 Å². The van der Waals surface area contributed by atoms with Crippen LogP contribution in [0.5, 0.6) is 5.75 Å². The van der Waals surface area contributed by atoms with Gasteiger partial charge in [0.25, 0.3) is 0 Å². The van der Waals surface area contributed by atoms with Crippen LogP contribution in [-0.4, -0.2) is 34.0 Å². The highest BCUT2D eigenvalue weighted by Crippen LogP contribution is 2.26. The number of hydrogen-bond donors (Lipinski definition) is 0. The summed E-state index contributed by atoms with van der Waals surface area (Å²) in [5.74, 6) is 0.835. The normalized spacial score (nSPS) is 17.5. The standard InChI is InChI=1S/C18H22FN3O3/c1-2-6-17(23)22-10-5-7-13(11-22)18-20-16(21-25-18)12-24-15-9-4-3-8-14(15)19/h3-4,8-9,13H,2,5-7,10-12H2,1H3/t13-/m1/s1. The molecule has 0 unspecified atom stereocenters. The lowest BCUT2D eigenvalue weighted by Crippen LogP contribution is -2.39. The molecular weight excluding hydrogens is 325 g/mol. The second-order valence-corrected chi connectivity index (χ2v) is 6.20. The Morgan fingerprint density at radius 1 is 1.44 bits per heavy atom. The Morgan fingerprint density at radius 3 is 3.08 bits per heavy atom. The molecule has 1 aromatic carbocycles. The topological polar surface area (TPSA) is 68.5 Å². The number of halogens is 1. The Kier molecular flexibility index (Phi) is 5.63. The number of aromatic nitrogens is 2. The number of carbonyl (C=O) groups excluding carboxylic acids is 1. The molecule has 1 saturated heterocycles. The second kappa shape index (κ2) is 8.09. The molecule has 0 spiro atoms. The van der Waals surface area contributed by atoms with Gasteiger partial charge in [0.15, 0.2) is 18.2 Å². The van der Waals surface area contributed by atoms with Crippen LogP contribution in [0.1, 0.15) is 50.2 Å². The van der Waals surface area contributed by atoms with Crippen LogP contribution in [-0.2, 0) is 11.4 Å². The molecule has 1 amide bonds. The average molecular weight is 347 g/mol. The summed E-state index contributed by atoms with van der Waals surface area (Å²) in [4.78, 5) is 18.3. The van der Waals surface area contributed by atoms with Gasteiger partial charge in [-0.2, -0.15) is 4.98 Å². The zero-order valence-electron chi connectivity index (χ0n) is 14.3. The van der Waals surface area contributed by atoms with Crippen LogP contribution in [0, 0.1) is 5.82 Å². The molecule has 0 bridgehead atoms. The molecule has 0 aliphatic carbocycles. The van der Waals surface area contributed by atoms with Crippen LogP contribution in [0.3, 0.4) is 0 Å². The average Bonchev–Trinajstić information content (AvgIpc) is 3.10. The molecule has 25 heavy (non-hydrogen) atoms. The van der Waals surface area contributed by atoms with Crippen molar-refractivity contribution in [2.45, 2.75) is 45.1 Å². The third kappa shape index (κ3) is 4.35. The molecule has 1 fully saturated rings. The molecule has 7 heteroatoms. The monoisotopic (exact) mass is 347 g/mol. The molecule has 0 saturated carbocycles. The zero-order valence-corrected chi connectivity index (χ0v) is 14.3. The Morgan fingerprint density at radius 2 is 2.28 bits per heavy atom. The molecule has 2 aromatic rings. The second-order valence-electron chi connectivity index (χ2n) is 6.20. The van der Waals surface area contributed by atoms with Gasteiger partial charge in [0.2, 0.25) is 17.6 Å². The number of ether oxygens (including phenoxy) is 1. The van der Waals surface area contributed by atoms with Crippen molar-refractivity contribution in [3.05, 3.63) is 41.8 Å². The summed E-state index contributed by atoms with van der Waals surface area (Å²) >= 11 is 0. The van der Waals surface area contributed by atoms with Gasteiger partial charge >= 0.3 is 0 Å². The fourth-order valence-corrected chi connectivity index (χ4v) is 2.97. The van der Waals surface area contributed by atoms with Crippen molar-refractivity contribution in [3.8, 4) is 5.75 Å². The highest BCUT2D eigenvalue weighted by molar-refractivity contribution is 5.76. The van der Waals surface area contributed by atoms with Crippen molar-refractivity contribution >= 4 is 5.91 Å². The van der Waals surface area contributed by atoms with E-state index in [1.54, 1.807) is 18.2 Å². The molecule has 0 radical (unpaired) electrons. The number of likely N-dealkylation sites (tertiary alicyclic amines) is 1. The Hall–Kier alpha value is -2.44. The molecule has 6 nitrogen and oxygen atoms in total. The Balaban J connectivity index is 1.59. The van der Waals surface area contributed by atoms with Crippen molar-refractivity contribution in [1.29, 1.82) is 0 Å². The van der Waals surface area contributed by atoms with Crippen LogP contribution in [0.25, 0.3) is 0 Å². The molecule has 1 atom stereocenters. The van der Waals surface area contributed by atoms with Crippen molar-refractivity contribution < 1.29 is 18.4 Å². The molecule has 1 aliphatic rings. The lowest BCUT2D eigenvalue weighted by Gasteiger charge is -2.31. The van der Waals surface area contributed by atoms with E-state index in [0.29, 0.717) is 24.7 Å². The van der Waals surface area contributed by atoms with Crippen molar-refractivity contribution in [1.82, 2.24) is 15.0 Å². The van der Waals surface area contributed by atoms with E-state index in [9.17, 15) is 9.18 Å². The van der Waals surface area contributed by atoms with Gasteiger partial charge in [0, 0.05) is 19.5 Å². The molecular formula is C18H22FN3O3. The van der Waals surface area contributed by atoms with Crippen molar-refractivity contribution in [2.24, 2.45) is 0 Å². The van der Waals surface area contributed by atoms with E-state index < -0.39 is 5.82 Å². The van der Waals surface area contributed by atoms with Crippen LogP contribution in [0.2, 0.25) is 0 Å². The number of para-hydroxylation sites is 1. The van der Waals surface area contributed by atoms with Gasteiger partial charge in [-0.1, -0.05) is 24.2 Å². The predicted molar refractivity (Wildman–Crippen MR) is 88.5 cm³/mol. The first-order valence-electron chi connectivity index (χ1n) is 8.65. The first kappa shape index (κ1) is 17.4. The highest BCUT2D eigenvalue weighted by atomic mass is 19.1. The Labute approximate surface area is 146 Å². The van der Waals surface area contributed by atoms with Gasteiger partial charge in [-0.25, -0.2) is 4.39 Å². The van der Waals surface area contributed by atoms with Crippen molar-refractivity contribution in [2.75, 3.05) is 13.1 Å². The van der Waals surface area contributed by atoms with Crippen LogP contribution >= 0.6 is 0 Å². The summed E-state index contributed by atoms with van der Waals surface area (Å²) in [5, 5.41) is 3.91. The lowest BCUT2D eigenvalue weighted by atomic mass is 9.97. The summed E-state index contributed by atoms with van der Waals surface area (Å²) < 4.78 is 24.3. The maximum Gasteiger partial charge on any atom is 0.231 e. The SMILES string of the molecule is CCCC(=O)N1CCC[C@@H](c2nc(COc3ccccc3F)no2)C1. The summed E-state index contributed by atoms with van der Waals surface area (Å²) in [7, 11) is 0. The number of nitrogens with zero attached hydrogens (tertiary/aromatic N) is 3. The maximum absolute atomic E-state index is 13.5. The minimum atomic E-state index is -0.427. The van der Waals surface area contributed by atoms with Crippen LogP contribution in [0.4, 0.5) is 4.39 Å². The molecule has 0 N–H and O–H groups in total. The highest BCUT2D eigenvalue weighted by Gasteiger charge is 2.28. The first-order chi connectivity index (χ1) is 12.2. The molecule has 1 aliphatic heterocycles. The van der Waals surface area contributed by atoms with Gasteiger partial charge in [0.1, 0.15) is 0 Å². The van der Waals surface area contributed by atoms with E-state index in [0.717, 1.165) is 25.8 Å². The quantitative estimate of drug-likeness (QED) is 0.802. The predicted octanol–water partition coefficient (Wildman–Crippen LogP) is 3.29. The third-order valence-electron chi connectivity index (χ3n) is 4.26. The summed E-state index contributed by atoms with van der Waals surface area (Å²) in [6, 6.07) is 6.18. The smallest absolute Gasteiger partial charge is 0.231 e. The minimum Gasteiger partial charge on any atom is -0.482 e. The summed E-state index contributed by atoms with van der Waals surface area (Å²) in [6.45, 7) is 3.43. The Bertz CT molecular complexity index is 719. The van der Waals surface area contributed by atoms with Crippen LogP contribution < -0.4 is 4.74 Å². The van der Waals surface area contributed by atoms with E-state index in [2.05, 4.69) is 10.1 Å². The maximum atomic E-state index is 13.5. The van der Waals surface area contributed by atoms with E-state index in [-0.39, 0.29) is 24.2 Å². The molecule has 2 heterocycles. The number of benzene rings is 1. The fourth-order valence-electron chi connectivity index (χ4n) is 2.97. The third-order valence-corrected chi connectivity index (χ3v) is 4.26.